The maximum absolute atomic E-state index is 12.0. The number of nitrogens with one attached hydrogen (secondary N) is 1. The van der Waals surface area contributed by atoms with E-state index in [2.05, 4.69) is 20.9 Å². The molecule has 4 nitrogen and oxygen atoms in total. The van der Waals surface area contributed by atoms with E-state index in [0.717, 1.165) is 33.6 Å². The van der Waals surface area contributed by atoms with Crippen LogP contribution in [0.25, 0.3) is 10.9 Å². The summed E-state index contributed by atoms with van der Waals surface area (Å²) in [5.74, 6) is -0.350. The fourth-order valence-corrected chi connectivity index (χ4v) is 2.70. The summed E-state index contributed by atoms with van der Waals surface area (Å²) in [5, 5.41) is 0.994. The zero-order valence-electron chi connectivity index (χ0n) is 11.2. The molecule has 0 saturated carbocycles. The van der Waals surface area contributed by atoms with Gasteiger partial charge in [0.15, 0.2) is 0 Å². The van der Waals surface area contributed by atoms with Gasteiger partial charge in [0, 0.05) is 16.3 Å². The van der Waals surface area contributed by atoms with Crippen molar-refractivity contribution in [3.63, 3.8) is 0 Å². The van der Waals surface area contributed by atoms with Gasteiger partial charge in [0.25, 0.3) is 0 Å². The highest BCUT2D eigenvalue weighted by atomic mass is 79.9. The highest BCUT2D eigenvalue weighted by Gasteiger charge is 2.19. The van der Waals surface area contributed by atoms with Crippen molar-refractivity contribution in [1.29, 1.82) is 0 Å². The Bertz CT molecular complexity index is 633. The molecule has 20 heavy (non-hydrogen) atoms. The molecule has 106 valence electrons. The standard InChI is InChI=1S/C15H16BrNO3/c1-2-20-15(19)14-11(6-3-4-9-18)10-7-5-8-12(16)13(10)17-14/h5,7-9,17H,2-4,6H2,1H3. The van der Waals surface area contributed by atoms with Crippen molar-refractivity contribution < 1.29 is 14.3 Å². The molecule has 0 unspecified atom stereocenters. The summed E-state index contributed by atoms with van der Waals surface area (Å²) in [4.78, 5) is 25.6. The molecule has 2 aromatic rings. The lowest BCUT2D eigenvalue weighted by molar-refractivity contribution is -0.107. The first-order valence-electron chi connectivity index (χ1n) is 6.58. The van der Waals surface area contributed by atoms with E-state index in [1.165, 1.54) is 0 Å². The summed E-state index contributed by atoms with van der Waals surface area (Å²) in [6.45, 7) is 2.12. The fraction of sp³-hybridized carbons (Fsp3) is 0.333. The molecular weight excluding hydrogens is 322 g/mol. The lowest BCUT2D eigenvalue weighted by Crippen LogP contribution is -2.08. The Balaban J connectivity index is 2.47. The maximum atomic E-state index is 12.0. The third-order valence-electron chi connectivity index (χ3n) is 3.12. The van der Waals surface area contributed by atoms with Crippen molar-refractivity contribution in [2.75, 3.05) is 6.61 Å². The van der Waals surface area contributed by atoms with Crippen LogP contribution in [0.5, 0.6) is 0 Å². The molecule has 1 heterocycles. The molecule has 0 aliphatic heterocycles. The number of aldehydes is 1. The number of carbonyl (C=O) groups excluding carboxylic acids is 2. The Morgan fingerprint density at radius 3 is 2.95 bits per heavy atom. The number of para-hydroxylation sites is 1. The van der Waals surface area contributed by atoms with Crippen molar-refractivity contribution in [2.45, 2.75) is 26.2 Å². The number of aromatic nitrogens is 1. The molecule has 0 spiro atoms. The van der Waals surface area contributed by atoms with E-state index in [1.54, 1.807) is 6.92 Å². The molecule has 0 bridgehead atoms. The minimum atomic E-state index is -0.350. The van der Waals surface area contributed by atoms with E-state index in [4.69, 9.17) is 4.74 Å². The van der Waals surface area contributed by atoms with Crippen molar-refractivity contribution in [3.05, 3.63) is 33.9 Å². The molecule has 1 aromatic carbocycles. The van der Waals surface area contributed by atoms with Gasteiger partial charge in [-0.05, 0) is 47.3 Å². The van der Waals surface area contributed by atoms with Gasteiger partial charge in [-0.2, -0.15) is 0 Å². The molecule has 0 atom stereocenters. The van der Waals surface area contributed by atoms with Gasteiger partial charge < -0.3 is 14.5 Å². The third kappa shape index (κ3) is 2.93. The summed E-state index contributed by atoms with van der Waals surface area (Å²) in [7, 11) is 0. The quantitative estimate of drug-likeness (QED) is 0.497. The number of aromatic amines is 1. The molecule has 0 amide bonds. The van der Waals surface area contributed by atoms with Crippen LogP contribution in [0.2, 0.25) is 0 Å². The van der Waals surface area contributed by atoms with Gasteiger partial charge in [0.2, 0.25) is 0 Å². The largest absolute Gasteiger partial charge is 0.461 e. The molecule has 0 fully saturated rings. The van der Waals surface area contributed by atoms with Gasteiger partial charge in [0.05, 0.1) is 12.1 Å². The number of H-pyrrole nitrogens is 1. The number of esters is 1. The Morgan fingerprint density at radius 2 is 2.25 bits per heavy atom. The highest BCUT2D eigenvalue weighted by Crippen LogP contribution is 2.30. The highest BCUT2D eigenvalue weighted by molar-refractivity contribution is 9.10. The van der Waals surface area contributed by atoms with Gasteiger partial charge >= 0.3 is 5.97 Å². The van der Waals surface area contributed by atoms with Gasteiger partial charge in [-0.25, -0.2) is 4.79 Å². The van der Waals surface area contributed by atoms with Crippen LogP contribution in [-0.2, 0) is 16.0 Å². The number of rotatable bonds is 6. The lowest BCUT2D eigenvalue weighted by atomic mass is 10.0. The van der Waals surface area contributed by atoms with Gasteiger partial charge in [-0.15, -0.1) is 0 Å². The molecule has 5 heteroatoms. The number of hydrogen-bond acceptors (Lipinski definition) is 3. The van der Waals surface area contributed by atoms with Crippen molar-refractivity contribution in [1.82, 2.24) is 4.98 Å². The summed E-state index contributed by atoms with van der Waals surface area (Å²) in [5.41, 5.74) is 2.29. The molecule has 1 N–H and O–H groups in total. The second-order valence-electron chi connectivity index (χ2n) is 4.42. The number of unbranched alkanes of at least 4 members (excludes halogenated alkanes) is 1. The van der Waals surface area contributed by atoms with Crippen LogP contribution in [0.4, 0.5) is 0 Å². The number of ether oxygens (including phenoxy) is 1. The van der Waals surface area contributed by atoms with E-state index in [1.807, 2.05) is 18.2 Å². The molecule has 1 aromatic heterocycles. The monoisotopic (exact) mass is 337 g/mol. The van der Waals surface area contributed by atoms with Crippen molar-refractivity contribution >= 4 is 39.1 Å². The number of halogens is 1. The van der Waals surface area contributed by atoms with Crippen LogP contribution in [0.1, 0.15) is 35.8 Å². The van der Waals surface area contributed by atoms with Crippen molar-refractivity contribution in [3.8, 4) is 0 Å². The predicted octanol–water partition coefficient (Wildman–Crippen LogP) is 3.63. The minimum absolute atomic E-state index is 0.336. The third-order valence-corrected chi connectivity index (χ3v) is 3.78. The normalized spacial score (nSPS) is 10.7. The second kappa shape index (κ2) is 6.70. The Kier molecular flexibility index (Phi) is 4.95. The van der Waals surface area contributed by atoms with Crippen LogP contribution >= 0.6 is 15.9 Å². The minimum Gasteiger partial charge on any atom is -0.461 e. The SMILES string of the molecule is CCOC(=O)c1[nH]c2c(Br)cccc2c1CCCC=O. The number of fused-ring (bicyclic) bond motifs is 1. The van der Waals surface area contributed by atoms with Gasteiger partial charge in [0.1, 0.15) is 12.0 Å². The first-order valence-corrected chi connectivity index (χ1v) is 7.38. The predicted molar refractivity (Wildman–Crippen MR) is 81.0 cm³/mol. The van der Waals surface area contributed by atoms with E-state index in [9.17, 15) is 9.59 Å². The number of carbonyl (C=O) groups is 2. The fourth-order valence-electron chi connectivity index (χ4n) is 2.24. The summed E-state index contributed by atoms with van der Waals surface area (Å²) in [6.07, 6.45) is 2.77. The average molecular weight is 338 g/mol. The lowest BCUT2D eigenvalue weighted by Gasteiger charge is -2.03. The van der Waals surface area contributed by atoms with E-state index in [-0.39, 0.29) is 5.97 Å². The number of aryl methyl sites for hydroxylation is 1. The summed E-state index contributed by atoms with van der Waals surface area (Å²) in [6, 6.07) is 5.82. The van der Waals surface area contributed by atoms with Gasteiger partial charge in [-0.1, -0.05) is 12.1 Å². The first kappa shape index (κ1) is 14.8. The molecule has 0 saturated heterocycles. The molecule has 2 rings (SSSR count). The Labute approximate surface area is 125 Å². The number of benzene rings is 1. The molecular formula is C15H16BrNO3. The zero-order valence-corrected chi connectivity index (χ0v) is 12.8. The number of hydrogen-bond donors (Lipinski definition) is 1. The zero-order chi connectivity index (χ0) is 14.5. The summed E-state index contributed by atoms with van der Waals surface area (Å²) < 4.78 is 5.99. The molecule has 0 aliphatic rings. The Morgan fingerprint density at radius 1 is 1.45 bits per heavy atom. The average Bonchev–Trinajstić information content (AvgIpc) is 2.80. The van der Waals surface area contributed by atoms with Crippen LogP contribution in [0.15, 0.2) is 22.7 Å². The van der Waals surface area contributed by atoms with Crippen LogP contribution in [0, 0.1) is 0 Å². The first-order chi connectivity index (χ1) is 9.69. The molecule has 0 radical (unpaired) electrons. The smallest absolute Gasteiger partial charge is 0.355 e. The van der Waals surface area contributed by atoms with E-state index >= 15 is 0 Å². The van der Waals surface area contributed by atoms with Crippen LogP contribution in [-0.4, -0.2) is 23.8 Å². The van der Waals surface area contributed by atoms with Crippen LogP contribution in [0.3, 0.4) is 0 Å². The maximum Gasteiger partial charge on any atom is 0.355 e. The van der Waals surface area contributed by atoms with Crippen LogP contribution < -0.4 is 0 Å². The van der Waals surface area contributed by atoms with Gasteiger partial charge in [-0.3, -0.25) is 0 Å². The Hall–Kier alpha value is -1.62. The second-order valence-corrected chi connectivity index (χ2v) is 5.27. The van der Waals surface area contributed by atoms with E-state index in [0.29, 0.717) is 25.1 Å². The van der Waals surface area contributed by atoms with Crippen molar-refractivity contribution in [2.24, 2.45) is 0 Å². The van der Waals surface area contributed by atoms with E-state index < -0.39 is 0 Å². The summed E-state index contributed by atoms with van der Waals surface area (Å²) >= 11 is 3.47. The molecule has 0 aliphatic carbocycles. The topological polar surface area (TPSA) is 59.2 Å².